The minimum atomic E-state index is -3.71. The van der Waals surface area contributed by atoms with Gasteiger partial charge in [0.05, 0.1) is 0 Å². The van der Waals surface area contributed by atoms with Crippen LogP contribution in [0.15, 0.2) is 40.6 Å². The van der Waals surface area contributed by atoms with E-state index in [2.05, 4.69) is 10.2 Å². The number of nitrogens with one attached hydrogen (secondary N) is 1. The highest BCUT2D eigenvalue weighted by Crippen LogP contribution is 2.28. The summed E-state index contributed by atoms with van der Waals surface area (Å²) in [6.07, 6.45) is 4.14. The third kappa shape index (κ3) is 4.45. The minimum absolute atomic E-state index is 0.120. The molecule has 29 heavy (non-hydrogen) atoms. The number of sulfonamides is 1. The summed E-state index contributed by atoms with van der Waals surface area (Å²) in [7, 11) is -3.71. The Hall–Kier alpha value is -1.61. The lowest BCUT2D eigenvalue weighted by atomic mass is 10.2. The van der Waals surface area contributed by atoms with Gasteiger partial charge in [0.1, 0.15) is 9.77 Å². The first-order valence-corrected chi connectivity index (χ1v) is 12.5. The molecule has 2 fully saturated rings. The number of amides is 1. The zero-order valence-electron chi connectivity index (χ0n) is 16.0. The molecule has 4 rings (SSSR count). The molecule has 1 aliphatic heterocycles. The third-order valence-corrected chi connectivity index (χ3v) is 8.77. The molecule has 0 spiro atoms. The van der Waals surface area contributed by atoms with Crippen molar-refractivity contribution in [2.24, 2.45) is 0 Å². The second kappa shape index (κ2) is 8.63. The molecule has 1 saturated carbocycles. The van der Waals surface area contributed by atoms with Crippen LogP contribution in [0.1, 0.15) is 35.4 Å². The van der Waals surface area contributed by atoms with Crippen molar-refractivity contribution in [3.63, 3.8) is 0 Å². The molecule has 2 heterocycles. The van der Waals surface area contributed by atoms with Gasteiger partial charge in [-0.15, -0.1) is 11.3 Å². The molecule has 2 aliphatic rings. The van der Waals surface area contributed by atoms with E-state index < -0.39 is 10.0 Å². The topological polar surface area (TPSA) is 69.7 Å². The normalized spacial score (nSPS) is 18.9. The number of carbonyl (C=O) groups excluding carboxylic acids is 1. The molecular weight excluding hydrogens is 430 g/mol. The third-order valence-electron chi connectivity index (χ3n) is 5.56. The Bertz CT molecular complexity index is 978. The minimum Gasteiger partial charge on any atom is -0.369 e. The van der Waals surface area contributed by atoms with Crippen molar-refractivity contribution in [3.8, 4) is 0 Å². The van der Waals surface area contributed by atoms with Crippen LogP contribution in [0.2, 0.25) is 5.02 Å². The molecule has 1 aliphatic carbocycles. The molecule has 9 heteroatoms. The number of halogens is 1. The van der Waals surface area contributed by atoms with Gasteiger partial charge in [0.15, 0.2) is 0 Å². The van der Waals surface area contributed by atoms with E-state index in [9.17, 15) is 13.2 Å². The quantitative estimate of drug-likeness (QED) is 0.751. The number of benzene rings is 1. The average molecular weight is 454 g/mol. The van der Waals surface area contributed by atoms with E-state index in [1.54, 1.807) is 11.4 Å². The molecule has 0 radical (unpaired) electrons. The standard InChI is InChI=1S/C20H24ClN3O3S2/c21-15-4-3-7-17(14-15)23-9-11-24(12-10-23)29(26,27)18-8-13-28-19(18)20(25)22-16-5-1-2-6-16/h3-4,7-8,13-14,16H,1-2,5-6,9-12H2,(H,22,25). The smallest absolute Gasteiger partial charge is 0.262 e. The van der Waals surface area contributed by atoms with Crippen LogP contribution in [0.3, 0.4) is 0 Å². The molecule has 1 aromatic heterocycles. The largest absolute Gasteiger partial charge is 0.369 e. The first-order chi connectivity index (χ1) is 13.9. The van der Waals surface area contributed by atoms with Gasteiger partial charge in [-0.05, 0) is 42.5 Å². The van der Waals surface area contributed by atoms with E-state index >= 15 is 0 Å². The number of thiophene rings is 1. The van der Waals surface area contributed by atoms with Gasteiger partial charge in [0.2, 0.25) is 10.0 Å². The van der Waals surface area contributed by atoms with Crippen molar-refractivity contribution in [1.29, 1.82) is 0 Å². The lowest BCUT2D eigenvalue weighted by Gasteiger charge is -2.35. The fourth-order valence-corrected chi connectivity index (χ4v) is 6.90. The van der Waals surface area contributed by atoms with Crippen LogP contribution >= 0.6 is 22.9 Å². The van der Waals surface area contributed by atoms with Gasteiger partial charge in [-0.3, -0.25) is 4.79 Å². The van der Waals surface area contributed by atoms with Crippen LogP contribution in [-0.4, -0.2) is 50.9 Å². The number of rotatable bonds is 5. The molecule has 1 amide bonds. The van der Waals surface area contributed by atoms with Gasteiger partial charge in [0.25, 0.3) is 5.91 Å². The number of anilines is 1. The predicted molar refractivity (Wildman–Crippen MR) is 116 cm³/mol. The summed E-state index contributed by atoms with van der Waals surface area (Å²) < 4.78 is 27.9. The number of nitrogens with zero attached hydrogens (tertiary/aromatic N) is 2. The summed E-state index contributed by atoms with van der Waals surface area (Å²) in [4.78, 5) is 15.2. The maximum Gasteiger partial charge on any atom is 0.262 e. The van der Waals surface area contributed by atoms with Crippen LogP contribution in [0, 0.1) is 0 Å². The number of hydrogen-bond donors (Lipinski definition) is 1. The highest BCUT2D eigenvalue weighted by Gasteiger charge is 2.33. The van der Waals surface area contributed by atoms with Gasteiger partial charge in [-0.25, -0.2) is 8.42 Å². The zero-order valence-corrected chi connectivity index (χ0v) is 18.4. The predicted octanol–water partition coefficient (Wildman–Crippen LogP) is 3.58. The Morgan fingerprint density at radius 2 is 1.83 bits per heavy atom. The van der Waals surface area contributed by atoms with Crippen LogP contribution in [0.25, 0.3) is 0 Å². The lowest BCUT2D eigenvalue weighted by molar-refractivity contribution is 0.0939. The molecule has 1 aromatic carbocycles. The van der Waals surface area contributed by atoms with Gasteiger partial charge < -0.3 is 10.2 Å². The van der Waals surface area contributed by atoms with Gasteiger partial charge in [-0.1, -0.05) is 30.5 Å². The fraction of sp³-hybridized carbons (Fsp3) is 0.450. The molecular formula is C20H24ClN3O3S2. The lowest BCUT2D eigenvalue weighted by Crippen LogP contribution is -2.49. The molecule has 0 atom stereocenters. The number of hydrogen-bond acceptors (Lipinski definition) is 5. The van der Waals surface area contributed by atoms with E-state index in [4.69, 9.17) is 11.6 Å². The van der Waals surface area contributed by atoms with Crippen LogP contribution < -0.4 is 10.2 Å². The number of piperazine rings is 1. The molecule has 2 aromatic rings. The second-order valence-corrected chi connectivity index (χ2v) is 10.7. The molecule has 0 unspecified atom stereocenters. The highest BCUT2D eigenvalue weighted by molar-refractivity contribution is 7.89. The molecule has 6 nitrogen and oxygen atoms in total. The van der Waals surface area contributed by atoms with Crippen molar-refractivity contribution in [1.82, 2.24) is 9.62 Å². The summed E-state index contributed by atoms with van der Waals surface area (Å²) >= 11 is 7.26. The van der Waals surface area contributed by atoms with E-state index in [0.717, 1.165) is 31.4 Å². The Balaban J connectivity index is 1.46. The highest BCUT2D eigenvalue weighted by atomic mass is 35.5. The van der Waals surface area contributed by atoms with Gasteiger partial charge in [-0.2, -0.15) is 4.31 Å². The summed E-state index contributed by atoms with van der Waals surface area (Å²) in [5, 5.41) is 5.34. The Morgan fingerprint density at radius 3 is 2.52 bits per heavy atom. The SMILES string of the molecule is O=C(NC1CCCC1)c1sccc1S(=O)(=O)N1CCN(c2cccc(Cl)c2)CC1. The van der Waals surface area contributed by atoms with Crippen LogP contribution in [0.4, 0.5) is 5.69 Å². The zero-order chi connectivity index (χ0) is 20.4. The van der Waals surface area contributed by atoms with E-state index in [1.807, 2.05) is 24.3 Å². The van der Waals surface area contributed by atoms with E-state index in [-0.39, 0.29) is 21.7 Å². The van der Waals surface area contributed by atoms with Crippen LogP contribution in [0.5, 0.6) is 0 Å². The van der Waals surface area contributed by atoms with Crippen molar-refractivity contribution < 1.29 is 13.2 Å². The molecule has 1 saturated heterocycles. The first-order valence-electron chi connectivity index (χ1n) is 9.84. The van der Waals surface area contributed by atoms with Crippen molar-refractivity contribution in [2.45, 2.75) is 36.6 Å². The van der Waals surface area contributed by atoms with Gasteiger partial charge in [0, 0.05) is 42.9 Å². The van der Waals surface area contributed by atoms with Crippen molar-refractivity contribution in [2.75, 3.05) is 31.1 Å². The van der Waals surface area contributed by atoms with Gasteiger partial charge >= 0.3 is 0 Å². The summed E-state index contributed by atoms with van der Waals surface area (Å²) in [6, 6.07) is 9.27. The summed E-state index contributed by atoms with van der Waals surface area (Å²) in [5.41, 5.74) is 0.988. The maximum absolute atomic E-state index is 13.2. The average Bonchev–Trinajstić information content (AvgIpc) is 3.40. The Kier molecular flexibility index (Phi) is 6.15. The Labute approximate surface area is 180 Å². The maximum atomic E-state index is 13.2. The molecule has 1 N–H and O–H groups in total. The van der Waals surface area contributed by atoms with Crippen molar-refractivity contribution in [3.05, 3.63) is 45.6 Å². The monoisotopic (exact) mass is 453 g/mol. The molecule has 0 bridgehead atoms. The summed E-state index contributed by atoms with van der Waals surface area (Å²) in [6.45, 7) is 1.89. The van der Waals surface area contributed by atoms with Crippen LogP contribution in [-0.2, 0) is 10.0 Å². The molecule has 156 valence electrons. The van der Waals surface area contributed by atoms with Crippen molar-refractivity contribution >= 4 is 44.6 Å². The first kappa shape index (κ1) is 20.7. The van der Waals surface area contributed by atoms with E-state index in [1.165, 1.54) is 15.6 Å². The summed E-state index contributed by atoms with van der Waals surface area (Å²) in [5.74, 6) is -0.275. The van der Waals surface area contributed by atoms with E-state index in [0.29, 0.717) is 31.2 Å². The second-order valence-electron chi connectivity index (χ2n) is 7.44. The Morgan fingerprint density at radius 1 is 1.10 bits per heavy atom. The fourth-order valence-electron chi connectivity index (χ4n) is 3.99. The number of carbonyl (C=O) groups is 1.